The lowest BCUT2D eigenvalue weighted by Gasteiger charge is -2.35. The van der Waals surface area contributed by atoms with Gasteiger partial charge in [-0.25, -0.2) is 8.42 Å². The molecule has 132 valence electrons. The Morgan fingerprint density at radius 1 is 1.21 bits per heavy atom. The maximum Gasteiger partial charge on any atom is 0.236 e. The van der Waals surface area contributed by atoms with Crippen LogP contribution in [0.15, 0.2) is 35.7 Å². The van der Waals surface area contributed by atoms with Crippen molar-refractivity contribution in [1.82, 2.24) is 14.5 Å². The summed E-state index contributed by atoms with van der Waals surface area (Å²) in [6, 6.07) is 9.44. The van der Waals surface area contributed by atoms with E-state index in [0.29, 0.717) is 26.2 Å². The van der Waals surface area contributed by atoms with Crippen LogP contribution in [0.4, 0.5) is 0 Å². The van der Waals surface area contributed by atoms with Crippen molar-refractivity contribution in [3.8, 4) is 0 Å². The first-order valence-electron chi connectivity index (χ1n) is 8.29. The van der Waals surface area contributed by atoms with E-state index in [9.17, 15) is 8.42 Å². The lowest BCUT2D eigenvalue weighted by Crippen LogP contribution is -2.52. The summed E-state index contributed by atoms with van der Waals surface area (Å²) in [6.07, 6.45) is 3.84. The van der Waals surface area contributed by atoms with Gasteiger partial charge in [-0.1, -0.05) is 43.7 Å². The highest BCUT2D eigenvalue weighted by Crippen LogP contribution is 2.11. The highest BCUT2D eigenvalue weighted by atomic mass is 32.2. The van der Waals surface area contributed by atoms with Gasteiger partial charge in [-0.3, -0.25) is 0 Å². The van der Waals surface area contributed by atoms with Gasteiger partial charge in [-0.2, -0.15) is 4.31 Å². The zero-order chi connectivity index (χ0) is 17.4. The third-order valence-electron chi connectivity index (χ3n) is 3.92. The number of thiocarbonyl (C=S) groups is 1. The fraction of sp³-hybridized carbons (Fsp3) is 0.471. The topological polar surface area (TPSA) is 52.6 Å². The summed E-state index contributed by atoms with van der Waals surface area (Å²) in [5, 5.41) is 5.24. The maximum atomic E-state index is 12.4. The molecule has 0 amide bonds. The molecule has 0 unspecified atom stereocenters. The first-order chi connectivity index (χ1) is 11.5. The smallest absolute Gasteiger partial charge is 0.236 e. The van der Waals surface area contributed by atoms with Gasteiger partial charge in [-0.05, 0) is 30.3 Å². The van der Waals surface area contributed by atoms with Gasteiger partial charge >= 0.3 is 0 Å². The van der Waals surface area contributed by atoms with E-state index in [1.54, 1.807) is 6.08 Å². The molecule has 0 bridgehead atoms. The van der Waals surface area contributed by atoms with Crippen LogP contribution >= 0.6 is 12.2 Å². The van der Waals surface area contributed by atoms with E-state index in [1.165, 1.54) is 9.71 Å². The van der Waals surface area contributed by atoms with Gasteiger partial charge in [0.25, 0.3) is 0 Å². The lowest BCUT2D eigenvalue weighted by molar-refractivity contribution is 0.266. The minimum absolute atomic E-state index is 0.455. The second kappa shape index (κ2) is 9.15. The van der Waals surface area contributed by atoms with Crippen LogP contribution in [0.5, 0.6) is 0 Å². The number of rotatable bonds is 6. The van der Waals surface area contributed by atoms with E-state index < -0.39 is 10.0 Å². The first-order valence-corrected chi connectivity index (χ1v) is 10.2. The number of benzene rings is 1. The summed E-state index contributed by atoms with van der Waals surface area (Å²) < 4.78 is 26.3. The van der Waals surface area contributed by atoms with Gasteiger partial charge in [0.1, 0.15) is 0 Å². The highest BCUT2D eigenvalue weighted by Gasteiger charge is 2.25. The first kappa shape index (κ1) is 18.9. The third kappa shape index (κ3) is 5.58. The van der Waals surface area contributed by atoms with Crippen molar-refractivity contribution >= 4 is 33.4 Å². The molecule has 5 nitrogen and oxygen atoms in total. The fourth-order valence-electron chi connectivity index (χ4n) is 2.44. The molecule has 1 fully saturated rings. The quantitative estimate of drug-likeness (QED) is 0.617. The van der Waals surface area contributed by atoms with Crippen molar-refractivity contribution in [1.29, 1.82) is 0 Å². The number of hydrogen-bond donors (Lipinski definition) is 1. The Labute approximate surface area is 150 Å². The summed E-state index contributed by atoms with van der Waals surface area (Å²) in [7, 11) is -3.39. The highest BCUT2D eigenvalue weighted by molar-refractivity contribution is 7.92. The van der Waals surface area contributed by atoms with Gasteiger partial charge in [0.15, 0.2) is 5.11 Å². The Morgan fingerprint density at radius 3 is 2.50 bits per heavy atom. The molecule has 1 N–H and O–H groups in total. The molecule has 1 saturated heterocycles. The molecule has 1 heterocycles. The average molecular weight is 368 g/mol. The normalized spacial score (nSPS) is 16.5. The summed E-state index contributed by atoms with van der Waals surface area (Å²) >= 11 is 5.37. The van der Waals surface area contributed by atoms with Crippen LogP contribution in [0.1, 0.15) is 25.3 Å². The van der Waals surface area contributed by atoms with Crippen LogP contribution in [0.25, 0.3) is 6.08 Å². The second-order valence-electron chi connectivity index (χ2n) is 5.73. The van der Waals surface area contributed by atoms with Crippen molar-refractivity contribution < 1.29 is 8.42 Å². The monoisotopic (exact) mass is 367 g/mol. The number of nitrogens with zero attached hydrogens (tertiary/aromatic N) is 2. The van der Waals surface area contributed by atoms with E-state index >= 15 is 0 Å². The minimum atomic E-state index is -3.39. The van der Waals surface area contributed by atoms with Crippen LogP contribution in [0.2, 0.25) is 0 Å². The fourth-order valence-corrected chi connectivity index (χ4v) is 3.90. The Balaban J connectivity index is 1.86. The molecule has 0 radical (unpaired) electrons. The maximum absolute atomic E-state index is 12.4. The van der Waals surface area contributed by atoms with Crippen molar-refractivity contribution in [2.24, 2.45) is 0 Å². The molecule has 2 rings (SSSR count). The number of piperazine rings is 1. The molecule has 0 saturated carbocycles. The molecular weight excluding hydrogens is 342 g/mol. The van der Waals surface area contributed by atoms with E-state index in [-0.39, 0.29) is 0 Å². The molecule has 1 aromatic carbocycles. The molecule has 7 heteroatoms. The van der Waals surface area contributed by atoms with Crippen LogP contribution in [0, 0.1) is 0 Å². The summed E-state index contributed by atoms with van der Waals surface area (Å²) in [5.41, 5.74) is 0.876. The number of nitrogens with one attached hydrogen (secondary N) is 1. The molecule has 1 aliphatic heterocycles. The number of sulfonamides is 1. The largest absolute Gasteiger partial charge is 0.363 e. The second-order valence-corrected chi connectivity index (χ2v) is 7.94. The van der Waals surface area contributed by atoms with Crippen LogP contribution < -0.4 is 5.32 Å². The zero-order valence-electron chi connectivity index (χ0n) is 14.0. The number of hydrogen-bond acceptors (Lipinski definition) is 3. The van der Waals surface area contributed by atoms with Crippen molar-refractivity contribution in [2.45, 2.75) is 19.8 Å². The minimum Gasteiger partial charge on any atom is -0.363 e. The van der Waals surface area contributed by atoms with E-state index in [2.05, 4.69) is 12.2 Å². The van der Waals surface area contributed by atoms with Gasteiger partial charge in [-0.15, -0.1) is 0 Å². The van der Waals surface area contributed by atoms with Gasteiger partial charge in [0, 0.05) is 38.1 Å². The van der Waals surface area contributed by atoms with Gasteiger partial charge in [0.2, 0.25) is 10.0 Å². The molecular formula is C17H25N3O2S2. The Hall–Kier alpha value is -1.44. The molecule has 1 aliphatic rings. The summed E-state index contributed by atoms with van der Waals surface area (Å²) in [6.45, 7) is 5.16. The number of unbranched alkanes of at least 4 members (excludes halogenated alkanes) is 1. The molecule has 1 aromatic rings. The molecule has 0 aliphatic carbocycles. The molecule has 0 spiro atoms. The predicted molar refractivity (Wildman–Crippen MR) is 103 cm³/mol. The van der Waals surface area contributed by atoms with Gasteiger partial charge < -0.3 is 10.2 Å². The van der Waals surface area contributed by atoms with Gasteiger partial charge in [0.05, 0.1) is 0 Å². The lowest BCUT2D eigenvalue weighted by atomic mass is 10.2. The Bertz CT molecular complexity index is 652. The SMILES string of the molecule is CCCCNC(=S)N1CCN(S(=O)(=O)/C=C/c2ccccc2)CC1. The molecule has 0 aromatic heterocycles. The standard InChI is InChI=1S/C17H25N3O2S2/c1-2-3-10-18-17(23)19-11-13-20(14-12-19)24(21,22)15-9-16-7-5-4-6-8-16/h4-9,15H,2-3,10-14H2,1H3,(H,18,23)/b15-9+. The Morgan fingerprint density at radius 2 is 1.88 bits per heavy atom. The van der Waals surface area contributed by atoms with E-state index in [1.807, 2.05) is 35.2 Å². The molecule has 24 heavy (non-hydrogen) atoms. The molecule has 0 atom stereocenters. The van der Waals surface area contributed by atoms with E-state index in [4.69, 9.17) is 12.2 Å². The predicted octanol–water partition coefficient (Wildman–Crippen LogP) is 2.28. The van der Waals surface area contributed by atoms with E-state index in [0.717, 1.165) is 30.1 Å². The van der Waals surface area contributed by atoms with Crippen LogP contribution in [0.3, 0.4) is 0 Å². The zero-order valence-corrected chi connectivity index (χ0v) is 15.7. The average Bonchev–Trinajstić information content (AvgIpc) is 2.61. The van der Waals surface area contributed by atoms with Crippen molar-refractivity contribution in [3.63, 3.8) is 0 Å². The van der Waals surface area contributed by atoms with Crippen LogP contribution in [-0.4, -0.2) is 55.5 Å². The summed E-state index contributed by atoms with van der Waals surface area (Å²) in [5.74, 6) is 0. The van der Waals surface area contributed by atoms with Crippen LogP contribution in [-0.2, 0) is 10.0 Å². The summed E-state index contributed by atoms with van der Waals surface area (Å²) in [4.78, 5) is 2.04. The Kier molecular flexibility index (Phi) is 7.20. The third-order valence-corrected chi connectivity index (χ3v) is 5.89. The van der Waals surface area contributed by atoms with Crippen molar-refractivity contribution in [2.75, 3.05) is 32.7 Å². The van der Waals surface area contributed by atoms with Crippen molar-refractivity contribution in [3.05, 3.63) is 41.3 Å².